The van der Waals surface area contributed by atoms with Crippen molar-refractivity contribution in [1.29, 1.82) is 5.41 Å². The molecular weight excluding hydrogens is 386 g/mol. The third-order valence-corrected chi connectivity index (χ3v) is 4.73. The van der Waals surface area contributed by atoms with Crippen molar-refractivity contribution in [2.24, 2.45) is 10.9 Å². The molecule has 154 valence electrons. The summed E-state index contributed by atoms with van der Waals surface area (Å²) in [4.78, 5) is 28.9. The van der Waals surface area contributed by atoms with E-state index in [2.05, 4.69) is 20.6 Å². The number of nitrogens with zero attached hydrogens (tertiary/aromatic N) is 4. The van der Waals surface area contributed by atoms with Gasteiger partial charge < -0.3 is 21.7 Å². The molecule has 0 radical (unpaired) electrons. The molecule has 2 aromatic heterocycles. The van der Waals surface area contributed by atoms with Gasteiger partial charge in [-0.1, -0.05) is 23.4 Å². The molecule has 0 atom stereocenters. The van der Waals surface area contributed by atoms with E-state index >= 15 is 0 Å². The minimum Gasteiger partial charge on any atom is -0.411 e. The molecule has 5 N–H and O–H groups in total. The first kappa shape index (κ1) is 20.6. The predicted octanol–water partition coefficient (Wildman–Crippen LogP) is 2.27. The average Bonchev–Trinajstić information content (AvgIpc) is 2.99. The van der Waals surface area contributed by atoms with E-state index in [0.29, 0.717) is 28.0 Å². The number of amides is 2. The number of para-hydroxylation sites is 1. The largest absolute Gasteiger partial charge is 0.411 e. The maximum Gasteiger partial charge on any atom is 0.267 e. The minimum absolute atomic E-state index is 0.00444. The first-order valence-corrected chi connectivity index (χ1v) is 9.04. The predicted molar refractivity (Wildman–Crippen MR) is 113 cm³/mol. The van der Waals surface area contributed by atoms with E-state index in [4.69, 9.17) is 16.4 Å². The first-order valence-electron chi connectivity index (χ1n) is 9.04. The molecule has 0 spiro atoms. The fraction of sp³-hybridized carbons (Fsp3) is 0.200. The number of carbonyl (C=O) groups excluding carboxylic acids is 2. The Balaban J connectivity index is 1.97. The van der Waals surface area contributed by atoms with Gasteiger partial charge in [0.2, 0.25) is 0 Å². The summed E-state index contributed by atoms with van der Waals surface area (Å²) < 4.78 is 1.54. The van der Waals surface area contributed by atoms with E-state index < -0.39 is 11.8 Å². The van der Waals surface area contributed by atoms with Crippen molar-refractivity contribution < 1.29 is 14.8 Å². The third-order valence-electron chi connectivity index (χ3n) is 4.73. The number of primary amides is 1. The van der Waals surface area contributed by atoms with E-state index in [9.17, 15) is 9.59 Å². The van der Waals surface area contributed by atoms with Gasteiger partial charge >= 0.3 is 0 Å². The summed E-state index contributed by atoms with van der Waals surface area (Å²) in [7, 11) is 0. The Morgan fingerprint density at radius 2 is 2.00 bits per heavy atom. The number of anilines is 1. The molecule has 2 heterocycles. The Kier molecular flexibility index (Phi) is 5.58. The highest BCUT2D eigenvalue weighted by Gasteiger charge is 2.20. The molecule has 2 amide bonds. The molecule has 0 aliphatic carbocycles. The average molecular weight is 407 g/mol. The lowest BCUT2D eigenvalue weighted by Gasteiger charge is -2.10. The molecule has 30 heavy (non-hydrogen) atoms. The van der Waals surface area contributed by atoms with Crippen molar-refractivity contribution in [2.75, 3.05) is 5.32 Å². The molecule has 0 aliphatic heterocycles. The Morgan fingerprint density at radius 3 is 2.67 bits per heavy atom. The van der Waals surface area contributed by atoms with Gasteiger partial charge in [0.1, 0.15) is 5.69 Å². The van der Waals surface area contributed by atoms with Gasteiger partial charge in [0.15, 0.2) is 0 Å². The van der Waals surface area contributed by atoms with Crippen molar-refractivity contribution in [1.82, 2.24) is 14.8 Å². The molecule has 0 aliphatic rings. The summed E-state index contributed by atoms with van der Waals surface area (Å²) in [6.07, 6.45) is 0. The monoisotopic (exact) mass is 407 g/mol. The number of rotatable bonds is 6. The number of hydrogen-bond acceptors (Lipinski definition) is 7. The van der Waals surface area contributed by atoms with Gasteiger partial charge in [-0.2, -0.15) is 5.10 Å². The summed E-state index contributed by atoms with van der Waals surface area (Å²) in [5.74, 6) is -1.17. The second-order valence-electron chi connectivity index (χ2n) is 6.76. The molecule has 3 rings (SSSR count). The van der Waals surface area contributed by atoms with Crippen molar-refractivity contribution >= 4 is 39.8 Å². The standard InChI is InChI=1S/C20H21N7O3/c1-10(26-30)15(21)9-27-12(3)18(11(2)25-27)24-20(29)14-8-17(19(22)28)23-16-7-5-4-6-13(14)16/h4-8,21,30H,9H2,1-3H3,(H2,22,28)(H,24,29)/b21-15?,26-10-. The normalized spacial score (nSPS) is 11.5. The number of hydrogen-bond donors (Lipinski definition) is 4. The lowest BCUT2D eigenvalue weighted by atomic mass is 10.1. The molecular formula is C20H21N7O3. The minimum atomic E-state index is -0.727. The number of fused-ring (bicyclic) bond motifs is 1. The number of benzene rings is 1. The van der Waals surface area contributed by atoms with Crippen LogP contribution in [0, 0.1) is 19.3 Å². The van der Waals surface area contributed by atoms with E-state index in [-0.39, 0.29) is 29.2 Å². The maximum absolute atomic E-state index is 13.1. The molecule has 10 heteroatoms. The SMILES string of the molecule is C/C(=N/O)C(=N)Cn1nc(C)c(NC(=O)c2cc(C(N)=O)nc3ccccc23)c1C. The molecule has 10 nitrogen and oxygen atoms in total. The summed E-state index contributed by atoms with van der Waals surface area (Å²) in [6.45, 7) is 5.09. The van der Waals surface area contributed by atoms with Gasteiger partial charge in [0.05, 0.1) is 46.1 Å². The second kappa shape index (κ2) is 8.11. The smallest absolute Gasteiger partial charge is 0.267 e. The van der Waals surface area contributed by atoms with Gasteiger partial charge in [0, 0.05) is 5.39 Å². The number of nitrogens with one attached hydrogen (secondary N) is 2. The Hall–Kier alpha value is -4.08. The van der Waals surface area contributed by atoms with Crippen LogP contribution in [0.5, 0.6) is 0 Å². The molecule has 3 aromatic rings. The van der Waals surface area contributed by atoms with E-state index in [0.717, 1.165) is 0 Å². The van der Waals surface area contributed by atoms with Crippen LogP contribution in [0.3, 0.4) is 0 Å². The van der Waals surface area contributed by atoms with Crippen LogP contribution in [0.25, 0.3) is 10.9 Å². The van der Waals surface area contributed by atoms with Crippen LogP contribution in [0.15, 0.2) is 35.5 Å². The molecule has 0 unspecified atom stereocenters. The molecule has 0 bridgehead atoms. The van der Waals surface area contributed by atoms with Crippen LogP contribution >= 0.6 is 0 Å². The van der Waals surface area contributed by atoms with Crippen LogP contribution in [0.1, 0.15) is 39.2 Å². The van der Waals surface area contributed by atoms with Crippen LogP contribution in [-0.4, -0.2) is 43.2 Å². The van der Waals surface area contributed by atoms with Crippen molar-refractivity contribution in [3.8, 4) is 0 Å². The van der Waals surface area contributed by atoms with E-state index in [1.54, 1.807) is 42.8 Å². The number of oxime groups is 1. The fourth-order valence-electron chi connectivity index (χ4n) is 3.03. The Morgan fingerprint density at radius 1 is 1.30 bits per heavy atom. The second-order valence-corrected chi connectivity index (χ2v) is 6.76. The highest BCUT2D eigenvalue weighted by molar-refractivity contribution is 6.39. The van der Waals surface area contributed by atoms with Gasteiger partial charge in [-0.25, -0.2) is 4.98 Å². The van der Waals surface area contributed by atoms with Gasteiger partial charge in [-0.15, -0.1) is 0 Å². The van der Waals surface area contributed by atoms with Crippen molar-refractivity contribution in [3.05, 3.63) is 53.0 Å². The number of carbonyl (C=O) groups is 2. The van der Waals surface area contributed by atoms with E-state index in [1.807, 2.05) is 0 Å². The van der Waals surface area contributed by atoms with Crippen LogP contribution < -0.4 is 11.1 Å². The van der Waals surface area contributed by atoms with Gasteiger partial charge in [0.25, 0.3) is 11.8 Å². The number of aryl methyl sites for hydroxylation is 1. The quantitative estimate of drug-likeness (QED) is 0.280. The molecule has 0 saturated carbocycles. The lowest BCUT2D eigenvalue weighted by Crippen LogP contribution is -2.19. The first-order chi connectivity index (χ1) is 14.2. The summed E-state index contributed by atoms with van der Waals surface area (Å²) in [6, 6.07) is 8.34. The molecule has 0 saturated heterocycles. The number of aromatic nitrogens is 3. The summed E-state index contributed by atoms with van der Waals surface area (Å²) >= 11 is 0. The summed E-state index contributed by atoms with van der Waals surface area (Å²) in [5, 5.41) is 27.6. The van der Waals surface area contributed by atoms with E-state index in [1.165, 1.54) is 13.0 Å². The number of pyridine rings is 1. The van der Waals surface area contributed by atoms with Crippen LogP contribution in [0.4, 0.5) is 5.69 Å². The van der Waals surface area contributed by atoms with Crippen LogP contribution in [-0.2, 0) is 6.54 Å². The lowest BCUT2D eigenvalue weighted by molar-refractivity contribution is 0.0996. The summed E-state index contributed by atoms with van der Waals surface area (Å²) in [5.41, 5.74) is 8.05. The zero-order valence-corrected chi connectivity index (χ0v) is 16.7. The topological polar surface area (TPSA) is 159 Å². The highest BCUT2D eigenvalue weighted by Crippen LogP contribution is 2.23. The maximum atomic E-state index is 13.1. The zero-order chi connectivity index (χ0) is 22.0. The molecule has 1 aromatic carbocycles. The van der Waals surface area contributed by atoms with Gasteiger partial charge in [-0.3, -0.25) is 14.3 Å². The Bertz CT molecular complexity index is 1210. The molecule has 0 fully saturated rings. The Labute approximate surface area is 171 Å². The zero-order valence-electron chi connectivity index (χ0n) is 16.7. The number of nitrogens with two attached hydrogens (primary N) is 1. The fourth-order valence-corrected chi connectivity index (χ4v) is 3.03. The van der Waals surface area contributed by atoms with Gasteiger partial charge in [-0.05, 0) is 32.9 Å². The van der Waals surface area contributed by atoms with Crippen molar-refractivity contribution in [3.63, 3.8) is 0 Å². The highest BCUT2D eigenvalue weighted by atomic mass is 16.4. The van der Waals surface area contributed by atoms with Crippen LogP contribution in [0.2, 0.25) is 0 Å². The van der Waals surface area contributed by atoms with Crippen molar-refractivity contribution in [2.45, 2.75) is 27.3 Å². The third kappa shape index (κ3) is 3.88.